The third kappa shape index (κ3) is 3.72. The Labute approximate surface area is 170 Å². The highest BCUT2D eigenvalue weighted by Crippen LogP contribution is 2.38. The number of piperidine rings is 1. The van der Waals surface area contributed by atoms with Crippen LogP contribution in [0.5, 0.6) is 0 Å². The van der Waals surface area contributed by atoms with Gasteiger partial charge in [-0.05, 0) is 55.7 Å². The molecule has 1 aromatic carbocycles. The van der Waals surface area contributed by atoms with Crippen LogP contribution in [-0.4, -0.2) is 52.6 Å². The van der Waals surface area contributed by atoms with Crippen LogP contribution in [0.25, 0.3) is 10.9 Å². The highest BCUT2D eigenvalue weighted by atomic mass is 16.5. The molecule has 150 valence electrons. The predicted octanol–water partition coefficient (Wildman–Crippen LogP) is 3.69. The minimum absolute atomic E-state index is 0.103. The Balaban J connectivity index is 1.23. The van der Waals surface area contributed by atoms with E-state index in [0.29, 0.717) is 12.5 Å². The van der Waals surface area contributed by atoms with Crippen molar-refractivity contribution in [2.24, 2.45) is 5.92 Å². The van der Waals surface area contributed by atoms with Crippen molar-refractivity contribution >= 4 is 22.6 Å². The van der Waals surface area contributed by atoms with Gasteiger partial charge in [-0.3, -0.25) is 4.79 Å². The van der Waals surface area contributed by atoms with Crippen molar-refractivity contribution < 1.29 is 9.53 Å². The lowest BCUT2D eigenvalue weighted by molar-refractivity contribution is -0.0449. The summed E-state index contributed by atoms with van der Waals surface area (Å²) in [5.74, 6) is 1.43. The number of aromatic amines is 1. The van der Waals surface area contributed by atoms with Crippen LogP contribution in [0, 0.1) is 5.92 Å². The molecule has 3 aromatic rings. The lowest BCUT2D eigenvalue weighted by Crippen LogP contribution is -2.50. The molecule has 4 heterocycles. The molecule has 2 aliphatic rings. The topological polar surface area (TPSA) is 70.2 Å². The average Bonchev–Trinajstić information content (AvgIpc) is 3.39. The van der Waals surface area contributed by atoms with Gasteiger partial charge in [0.1, 0.15) is 5.82 Å². The molecule has 6 heteroatoms. The molecule has 0 radical (unpaired) electrons. The fraction of sp³-hybridized carbons (Fsp3) is 0.391. The summed E-state index contributed by atoms with van der Waals surface area (Å²) >= 11 is 0. The molecule has 2 N–H and O–H groups in total. The number of H-pyrrole nitrogens is 1. The number of benzene rings is 1. The van der Waals surface area contributed by atoms with Crippen LogP contribution in [0.3, 0.4) is 0 Å². The number of anilines is 1. The van der Waals surface area contributed by atoms with Gasteiger partial charge in [0.15, 0.2) is 0 Å². The first kappa shape index (κ1) is 18.2. The van der Waals surface area contributed by atoms with Gasteiger partial charge in [0.05, 0.1) is 12.2 Å². The molecule has 6 nitrogen and oxygen atoms in total. The van der Waals surface area contributed by atoms with Gasteiger partial charge >= 0.3 is 0 Å². The van der Waals surface area contributed by atoms with E-state index in [4.69, 9.17) is 4.74 Å². The first-order valence-corrected chi connectivity index (χ1v) is 10.4. The zero-order valence-electron chi connectivity index (χ0n) is 16.4. The Bertz CT molecular complexity index is 1000. The van der Waals surface area contributed by atoms with E-state index < -0.39 is 0 Å². The van der Waals surface area contributed by atoms with Crippen LogP contribution in [0.1, 0.15) is 29.6 Å². The van der Waals surface area contributed by atoms with Crippen molar-refractivity contribution in [3.05, 3.63) is 60.4 Å². The van der Waals surface area contributed by atoms with E-state index in [1.54, 1.807) is 6.20 Å². The van der Waals surface area contributed by atoms with Gasteiger partial charge in [-0.15, -0.1) is 0 Å². The molecule has 2 aromatic heterocycles. The van der Waals surface area contributed by atoms with Crippen molar-refractivity contribution in [1.29, 1.82) is 0 Å². The van der Waals surface area contributed by atoms with Crippen molar-refractivity contribution in [2.75, 3.05) is 31.6 Å². The number of nitrogens with one attached hydrogen (secondary N) is 2. The molecule has 0 bridgehead atoms. The predicted molar refractivity (Wildman–Crippen MR) is 113 cm³/mol. The Kier molecular flexibility index (Phi) is 4.72. The van der Waals surface area contributed by atoms with E-state index in [-0.39, 0.29) is 11.5 Å². The number of likely N-dealkylation sites (tertiary alicyclic amines) is 1. The third-order valence-corrected chi connectivity index (χ3v) is 6.15. The highest BCUT2D eigenvalue weighted by molar-refractivity contribution is 5.98. The van der Waals surface area contributed by atoms with E-state index in [0.717, 1.165) is 61.2 Å². The molecule has 0 unspecified atom stereocenters. The lowest BCUT2D eigenvalue weighted by Gasteiger charge is -2.40. The lowest BCUT2D eigenvalue weighted by atomic mass is 9.86. The van der Waals surface area contributed by atoms with Gasteiger partial charge in [-0.25, -0.2) is 4.98 Å². The smallest absolute Gasteiger partial charge is 0.253 e. The maximum absolute atomic E-state index is 13.1. The Morgan fingerprint density at radius 3 is 3.17 bits per heavy atom. The number of carbonyl (C=O) groups excluding carboxylic acids is 1. The minimum Gasteiger partial charge on any atom is -0.373 e. The van der Waals surface area contributed by atoms with E-state index in [9.17, 15) is 4.79 Å². The zero-order valence-corrected chi connectivity index (χ0v) is 16.4. The van der Waals surface area contributed by atoms with Crippen LogP contribution in [0.4, 0.5) is 5.82 Å². The molecule has 5 rings (SSSR count). The second-order valence-corrected chi connectivity index (χ2v) is 8.27. The number of fused-ring (bicyclic) bond motifs is 1. The first-order valence-electron chi connectivity index (χ1n) is 10.4. The van der Waals surface area contributed by atoms with Crippen molar-refractivity contribution in [3.8, 4) is 0 Å². The number of hydrogen-bond acceptors (Lipinski definition) is 4. The number of rotatable bonds is 4. The van der Waals surface area contributed by atoms with E-state index in [2.05, 4.69) is 15.3 Å². The number of nitrogens with zero attached hydrogens (tertiary/aromatic N) is 2. The molecular weight excluding hydrogens is 364 g/mol. The van der Waals surface area contributed by atoms with Gasteiger partial charge in [0, 0.05) is 54.4 Å². The van der Waals surface area contributed by atoms with Gasteiger partial charge in [0.25, 0.3) is 5.91 Å². The molecule has 0 aliphatic carbocycles. The van der Waals surface area contributed by atoms with Gasteiger partial charge < -0.3 is 19.9 Å². The fourth-order valence-electron chi connectivity index (χ4n) is 4.71. The fourth-order valence-corrected chi connectivity index (χ4v) is 4.71. The van der Waals surface area contributed by atoms with E-state index >= 15 is 0 Å². The first-order chi connectivity index (χ1) is 14.2. The average molecular weight is 390 g/mol. The largest absolute Gasteiger partial charge is 0.373 e. The van der Waals surface area contributed by atoms with Gasteiger partial charge in [-0.2, -0.15) is 0 Å². The van der Waals surface area contributed by atoms with Crippen LogP contribution in [0.2, 0.25) is 0 Å². The minimum atomic E-state index is -0.206. The van der Waals surface area contributed by atoms with Crippen molar-refractivity contribution in [2.45, 2.75) is 24.9 Å². The highest BCUT2D eigenvalue weighted by Gasteiger charge is 2.44. The molecule has 2 saturated heterocycles. The zero-order chi connectivity index (χ0) is 19.7. The van der Waals surface area contributed by atoms with E-state index in [1.807, 2.05) is 53.6 Å². The monoisotopic (exact) mass is 390 g/mol. The molecule has 1 amide bonds. The summed E-state index contributed by atoms with van der Waals surface area (Å²) < 4.78 is 6.30. The summed E-state index contributed by atoms with van der Waals surface area (Å²) in [7, 11) is 0. The summed E-state index contributed by atoms with van der Waals surface area (Å²) in [5.41, 5.74) is 1.60. The molecule has 2 aliphatic heterocycles. The second kappa shape index (κ2) is 7.52. The second-order valence-electron chi connectivity index (χ2n) is 8.27. The number of pyridine rings is 1. The summed E-state index contributed by atoms with van der Waals surface area (Å²) in [5, 5.41) is 4.48. The molecule has 29 heavy (non-hydrogen) atoms. The molecular formula is C23H26N4O2. The quantitative estimate of drug-likeness (QED) is 0.713. The summed E-state index contributed by atoms with van der Waals surface area (Å²) in [6.07, 6.45) is 6.68. The van der Waals surface area contributed by atoms with Gasteiger partial charge in [0.2, 0.25) is 0 Å². The number of amides is 1. The number of hydrogen-bond donors (Lipinski definition) is 2. The van der Waals surface area contributed by atoms with Crippen LogP contribution in [0.15, 0.2) is 54.9 Å². The van der Waals surface area contributed by atoms with Crippen molar-refractivity contribution in [1.82, 2.24) is 14.9 Å². The summed E-state index contributed by atoms with van der Waals surface area (Å²) in [4.78, 5) is 22.6. The third-order valence-electron chi connectivity index (χ3n) is 6.15. The van der Waals surface area contributed by atoms with Crippen LogP contribution in [-0.2, 0) is 4.74 Å². The maximum atomic E-state index is 13.1. The summed E-state index contributed by atoms with van der Waals surface area (Å²) in [6.45, 7) is 3.05. The Morgan fingerprint density at radius 2 is 2.28 bits per heavy atom. The van der Waals surface area contributed by atoms with Crippen molar-refractivity contribution in [3.63, 3.8) is 0 Å². The number of ether oxygens (including phenoxy) is 1. The van der Waals surface area contributed by atoms with Crippen LogP contribution >= 0.6 is 0 Å². The Hall–Kier alpha value is -2.86. The molecule has 2 atom stereocenters. The molecule has 1 spiro atoms. The van der Waals surface area contributed by atoms with Gasteiger partial charge in [-0.1, -0.05) is 6.07 Å². The van der Waals surface area contributed by atoms with Crippen LogP contribution < -0.4 is 5.32 Å². The Morgan fingerprint density at radius 1 is 1.31 bits per heavy atom. The number of aromatic nitrogens is 2. The maximum Gasteiger partial charge on any atom is 0.253 e. The SMILES string of the molecule is O=C(c1ccc2[nH]ccc2c1)N1CCC[C@]2(C[C@H](CNc3ccccn3)CO2)C1. The number of carbonyl (C=O) groups is 1. The standard InChI is InChI=1S/C23H26N4O2/c28-22(19-5-6-20-18(12-19)7-10-24-20)27-11-3-8-23(16-27)13-17(15-29-23)14-26-21-4-1-2-9-25-21/h1-2,4-7,9-10,12,17,24H,3,8,11,13-16H2,(H,25,26)/t17-,23+/m1/s1. The van der Waals surface area contributed by atoms with E-state index in [1.165, 1.54) is 0 Å². The summed E-state index contributed by atoms with van der Waals surface area (Å²) in [6, 6.07) is 13.8. The molecule has 2 fully saturated rings. The normalized spacial score (nSPS) is 24.3. The molecule has 0 saturated carbocycles.